The van der Waals surface area contributed by atoms with Crippen molar-refractivity contribution in [1.82, 2.24) is 15.0 Å². The number of furan rings is 3. The number of aromatic nitrogens is 3. The summed E-state index contributed by atoms with van der Waals surface area (Å²) in [6.07, 6.45) is 0. The summed E-state index contributed by atoms with van der Waals surface area (Å²) in [5.41, 5.74) is 6.97. The zero-order valence-corrected chi connectivity index (χ0v) is 36.6. The van der Waals surface area contributed by atoms with Crippen molar-refractivity contribution in [3.8, 4) is 34.2 Å². The highest BCUT2D eigenvalue weighted by Gasteiger charge is 2.26. The van der Waals surface area contributed by atoms with E-state index in [1.54, 1.807) is 0 Å². The van der Waals surface area contributed by atoms with Gasteiger partial charge in [0.05, 0.1) is 11.1 Å². The van der Waals surface area contributed by atoms with Crippen LogP contribution in [-0.4, -0.2) is 15.0 Å². The Morgan fingerprint density at radius 1 is 0.232 bits per heavy atom. The van der Waals surface area contributed by atoms with Crippen LogP contribution >= 0.6 is 0 Å². The quantitative estimate of drug-likeness (QED) is 0.176. The highest BCUT2D eigenvalue weighted by molar-refractivity contribution is 6.31. The van der Waals surface area contributed by atoms with Gasteiger partial charge in [-0.25, -0.2) is 15.0 Å². The topological polar surface area (TPSA) is 78.1 Å². The Balaban J connectivity index is 1.06. The van der Waals surface area contributed by atoms with Crippen LogP contribution in [0.3, 0.4) is 0 Å². The lowest BCUT2D eigenvalue weighted by atomic mass is 9.96. The van der Waals surface area contributed by atoms with Gasteiger partial charge in [-0.3, -0.25) is 0 Å². The summed E-state index contributed by atoms with van der Waals surface area (Å²) in [4.78, 5) is 16.6. The Kier molecular flexibility index (Phi) is 7.25. The van der Waals surface area contributed by atoms with Gasteiger partial charge in [0.25, 0.3) is 0 Å². The standard InChI is InChI=1S/C63H33N3O3/c1-6-18-39-34(13-1)25-28-49-53(39)56-45-24-12-11-23-44(45)46(33-52(56)67-49)61-64-62(47-31-37-16-4-9-21-42(37)57-54-40-19-7-2-14-35(40)26-29-50(54)68-59(47)57)66-63(65-61)48-32-38-17-5-10-22-43(38)58-55-41-20-8-3-15-36(41)27-30-51(55)69-60(48)58/h1-33H. The van der Waals surface area contributed by atoms with Crippen molar-refractivity contribution in [2.45, 2.75) is 0 Å². The van der Waals surface area contributed by atoms with E-state index in [0.29, 0.717) is 28.6 Å². The molecule has 0 radical (unpaired) electrons. The van der Waals surface area contributed by atoms with Crippen molar-refractivity contribution < 1.29 is 13.3 Å². The molecule has 4 heterocycles. The molecule has 0 spiro atoms. The van der Waals surface area contributed by atoms with Crippen LogP contribution in [0, 0.1) is 0 Å². The first-order valence-corrected chi connectivity index (χ1v) is 23.2. The molecule has 0 saturated heterocycles. The third-order valence-electron chi connectivity index (χ3n) is 14.4. The van der Waals surface area contributed by atoms with Gasteiger partial charge < -0.3 is 13.3 Å². The lowest BCUT2D eigenvalue weighted by molar-refractivity contribution is 0.669. The Hall–Kier alpha value is -9.39. The smallest absolute Gasteiger partial charge is 0.167 e. The van der Waals surface area contributed by atoms with E-state index in [2.05, 4.69) is 200 Å². The van der Waals surface area contributed by atoms with Crippen molar-refractivity contribution in [2.75, 3.05) is 0 Å². The van der Waals surface area contributed by atoms with E-state index in [1.165, 1.54) is 0 Å². The number of hydrogen-bond acceptors (Lipinski definition) is 6. The molecule has 16 rings (SSSR count). The summed E-state index contributed by atoms with van der Waals surface area (Å²) in [6.45, 7) is 0. The minimum atomic E-state index is 0.483. The van der Waals surface area contributed by atoms with Gasteiger partial charge in [-0.2, -0.15) is 0 Å². The number of fused-ring (bicyclic) bond motifs is 21. The first kappa shape index (κ1) is 36.8. The van der Waals surface area contributed by atoms with Gasteiger partial charge in [0.1, 0.15) is 33.5 Å². The fraction of sp³-hybridized carbons (Fsp3) is 0. The highest BCUT2D eigenvalue weighted by Crippen LogP contribution is 2.47. The molecule has 4 aromatic heterocycles. The van der Waals surface area contributed by atoms with E-state index in [1.807, 2.05) is 0 Å². The molecule has 0 atom stereocenters. The van der Waals surface area contributed by atoms with Crippen molar-refractivity contribution in [3.63, 3.8) is 0 Å². The molecule has 0 fully saturated rings. The van der Waals surface area contributed by atoms with Crippen LogP contribution in [0.25, 0.3) is 165 Å². The molecular weight excluding hydrogens is 847 g/mol. The van der Waals surface area contributed by atoms with Crippen molar-refractivity contribution >= 4 is 130 Å². The highest BCUT2D eigenvalue weighted by atomic mass is 16.3. The molecule has 0 unspecified atom stereocenters. The predicted molar refractivity (Wildman–Crippen MR) is 283 cm³/mol. The number of benzene rings is 12. The molecular formula is C63H33N3O3. The molecule has 69 heavy (non-hydrogen) atoms. The average Bonchev–Trinajstić information content (AvgIpc) is 4.13. The van der Waals surface area contributed by atoms with E-state index in [0.717, 1.165) is 136 Å². The molecule has 0 saturated carbocycles. The van der Waals surface area contributed by atoms with E-state index in [-0.39, 0.29) is 0 Å². The minimum Gasteiger partial charge on any atom is -0.456 e. The molecule has 0 aliphatic carbocycles. The van der Waals surface area contributed by atoms with Crippen LogP contribution in [0.5, 0.6) is 0 Å². The van der Waals surface area contributed by atoms with Crippen LogP contribution in [0.2, 0.25) is 0 Å². The normalized spacial score (nSPS) is 12.3. The summed E-state index contributed by atoms with van der Waals surface area (Å²) >= 11 is 0. The molecule has 0 bridgehead atoms. The molecule has 16 aromatic rings. The number of nitrogens with zero attached hydrogens (tertiary/aromatic N) is 3. The Bertz CT molecular complexity index is 4710. The second-order valence-electron chi connectivity index (χ2n) is 18.1. The Labute approximate surface area is 391 Å². The van der Waals surface area contributed by atoms with Gasteiger partial charge in [0, 0.05) is 37.9 Å². The predicted octanol–water partition coefficient (Wildman–Crippen LogP) is 17.5. The summed E-state index contributed by atoms with van der Waals surface area (Å²) in [5.74, 6) is 1.47. The van der Waals surface area contributed by atoms with Crippen LogP contribution in [0.4, 0.5) is 0 Å². The van der Waals surface area contributed by atoms with Gasteiger partial charge in [0.15, 0.2) is 17.5 Å². The maximum absolute atomic E-state index is 7.02. The molecule has 0 aliphatic heterocycles. The van der Waals surface area contributed by atoms with Crippen LogP contribution in [-0.2, 0) is 0 Å². The first-order chi connectivity index (χ1) is 34.2. The van der Waals surface area contributed by atoms with Crippen LogP contribution < -0.4 is 0 Å². The summed E-state index contributed by atoms with van der Waals surface area (Å²) in [6, 6.07) is 70.1. The molecule has 318 valence electrons. The van der Waals surface area contributed by atoms with E-state index in [9.17, 15) is 0 Å². The minimum absolute atomic E-state index is 0.483. The Morgan fingerprint density at radius 3 is 1.03 bits per heavy atom. The fourth-order valence-electron chi connectivity index (χ4n) is 11.4. The van der Waals surface area contributed by atoms with Gasteiger partial charge in [-0.15, -0.1) is 0 Å². The van der Waals surface area contributed by atoms with E-state index in [4.69, 9.17) is 28.2 Å². The molecule has 0 N–H and O–H groups in total. The summed E-state index contributed by atoms with van der Waals surface area (Å²) in [5, 5.41) is 19.5. The second-order valence-corrected chi connectivity index (χ2v) is 18.1. The molecule has 6 heteroatoms. The SMILES string of the molecule is c1ccc2c(c1)ccc1oc3cc(-c4nc(-c5cc6ccccc6c6c5oc5ccc7ccccc7c56)nc(-c5cc6ccccc6c6c5oc5ccc7ccccc7c56)n4)c4ccccc4c3c12. The summed E-state index contributed by atoms with van der Waals surface area (Å²) in [7, 11) is 0. The molecule has 12 aromatic carbocycles. The molecule has 0 aliphatic rings. The second kappa shape index (κ2) is 13.6. The van der Waals surface area contributed by atoms with Gasteiger partial charge in [-0.05, 0) is 101 Å². The molecule has 6 nitrogen and oxygen atoms in total. The van der Waals surface area contributed by atoms with Gasteiger partial charge in [-0.1, -0.05) is 164 Å². The number of hydrogen-bond donors (Lipinski definition) is 0. The van der Waals surface area contributed by atoms with Crippen molar-refractivity contribution in [3.05, 3.63) is 200 Å². The van der Waals surface area contributed by atoms with Crippen molar-refractivity contribution in [2.24, 2.45) is 0 Å². The van der Waals surface area contributed by atoms with Gasteiger partial charge in [0.2, 0.25) is 0 Å². The first-order valence-electron chi connectivity index (χ1n) is 23.2. The van der Waals surface area contributed by atoms with Crippen LogP contribution in [0.15, 0.2) is 213 Å². The third-order valence-corrected chi connectivity index (χ3v) is 14.4. The van der Waals surface area contributed by atoms with Crippen molar-refractivity contribution in [1.29, 1.82) is 0 Å². The van der Waals surface area contributed by atoms with Gasteiger partial charge >= 0.3 is 0 Å². The maximum atomic E-state index is 7.02. The third kappa shape index (κ3) is 5.12. The monoisotopic (exact) mass is 879 g/mol. The van der Waals surface area contributed by atoms with Crippen LogP contribution in [0.1, 0.15) is 0 Å². The zero-order valence-electron chi connectivity index (χ0n) is 36.6. The average molecular weight is 880 g/mol. The van der Waals surface area contributed by atoms with E-state index >= 15 is 0 Å². The Morgan fingerprint density at radius 2 is 0.565 bits per heavy atom. The summed E-state index contributed by atoms with van der Waals surface area (Å²) < 4.78 is 20.8. The number of rotatable bonds is 3. The maximum Gasteiger partial charge on any atom is 0.167 e. The lowest BCUT2D eigenvalue weighted by Crippen LogP contribution is -2.01. The lowest BCUT2D eigenvalue weighted by Gasteiger charge is -2.13. The van der Waals surface area contributed by atoms with E-state index < -0.39 is 0 Å². The fourth-order valence-corrected chi connectivity index (χ4v) is 11.4. The molecule has 0 amide bonds. The zero-order chi connectivity index (χ0) is 44.9. The largest absolute Gasteiger partial charge is 0.456 e.